The number of hydrogen-bond donors (Lipinski definition) is 2. The van der Waals surface area contributed by atoms with E-state index in [9.17, 15) is 5.11 Å². The topological polar surface area (TPSA) is 50.1 Å². The summed E-state index contributed by atoms with van der Waals surface area (Å²) < 4.78 is 1.95. The highest BCUT2D eigenvalue weighted by molar-refractivity contribution is 5.24. The van der Waals surface area contributed by atoms with Gasteiger partial charge < -0.3 is 10.4 Å². The van der Waals surface area contributed by atoms with Crippen molar-refractivity contribution in [2.45, 2.75) is 45.9 Å². The maximum atomic E-state index is 10.3. The zero-order valence-electron chi connectivity index (χ0n) is 13.2. The molecule has 0 bridgehead atoms. The smallest absolute Gasteiger partial charge is 0.0914 e. The Labute approximate surface area is 126 Å². The van der Waals surface area contributed by atoms with Crippen LogP contribution in [0.3, 0.4) is 0 Å². The number of aliphatic hydroxyl groups excluding tert-OH is 1. The average Bonchev–Trinajstić information content (AvgIpc) is 2.94. The van der Waals surface area contributed by atoms with E-state index in [0.29, 0.717) is 12.6 Å². The van der Waals surface area contributed by atoms with Crippen LogP contribution in [0, 0.1) is 6.92 Å². The Bertz CT molecular complexity index is 577. The molecule has 0 amide bonds. The van der Waals surface area contributed by atoms with Crippen LogP contribution in [0.1, 0.15) is 55.6 Å². The van der Waals surface area contributed by atoms with Crippen LogP contribution >= 0.6 is 0 Å². The van der Waals surface area contributed by atoms with Crippen LogP contribution in [0.2, 0.25) is 0 Å². The van der Waals surface area contributed by atoms with Crippen LogP contribution in [0.25, 0.3) is 0 Å². The number of nitrogens with one attached hydrogen (secondary N) is 1. The van der Waals surface area contributed by atoms with E-state index in [1.54, 1.807) is 0 Å². The molecule has 0 unspecified atom stereocenters. The van der Waals surface area contributed by atoms with E-state index in [2.05, 4.69) is 37.4 Å². The molecule has 2 N–H and O–H groups in total. The van der Waals surface area contributed by atoms with Gasteiger partial charge in [0.2, 0.25) is 0 Å². The van der Waals surface area contributed by atoms with Gasteiger partial charge in [-0.1, -0.05) is 29.8 Å². The standard InChI is InChI=1S/C17H25N3O/c1-12(2)20-11-16(9-19-20)14(4)18-10-17(21)15-7-5-6-13(3)8-15/h5-9,11-12,14,17-18,21H,10H2,1-4H3/t14-,17-/m1/s1. The van der Waals surface area contributed by atoms with Crippen molar-refractivity contribution in [1.29, 1.82) is 0 Å². The third-order valence-corrected chi connectivity index (χ3v) is 3.69. The highest BCUT2D eigenvalue weighted by Gasteiger charge is 2.12. The summed E-state index contributed by atoms with van der Waals surface area (Å²) in [7, 11) is 0. The quantitative estimate of drug-likeness (QED) is 0.858. The molecular weight excluding hydrogens is 262 g/mol. The molecule has 1 aromatic heterocycles. The Morgan fingerprint density at radius 2 is 2.00 bits per heavy atom. The molecule has 0 radical (unpaired) electrons. The number of aryl methyl sites for hydroxylation is 1. The van der Waals surface area contributed by atoms with E-state index in [-0.39, 0.29) is 6.04 Å². The minimum Gasteiger partial charge on any atom is -0.387 e. The highest BCUT2D eigenvalue weighted by atomic mass is 16.3. The van der Waals surface area contributed by atoms with E-state index >= 15 is 0 Å². The van der Waals surface area contributed by atoms with Crippen molar-refractivity contribution in [3.63, 3.8) is 0 Å². The normalized spacial score (nSPS) is 14.4. The zero-order chi connectivity index (χ0) is 15.4. The van der Waals surface area contributed by atoms with Gasteiger partial charge in [0.25, 0.3) is 0 Å². The van der Waals surface area contributed by atoms with Crippen molar-refractivity contribution < 1.29 is 5.11 Å². The zero-order valence-corrected chi connectivity index (χ0v) is 13.2. The summed E-state index contributed by atoms with van der Waals surface area (Å²) in [5.41, 5.74) is 3.26. The summed E-state index contributed by atoms with van der Waals surface area (Å²) >= 11 is 0. The molecular formula is C17H25N3O. The van der Waals surface area contributed by atoms with Gasteiger partial charge in [-0.15, -0.1) is 0 Å². The number of aromatic nitrogens is 2. The Hall–Kier alpha value is -1.65. The highest BCUT2D eigenvalue weighted by Crippen LogP contribution is 2.17. The van der Waals surface area contributed by atoms with Crippen molar-refractivity contribution in [2.24, 2.45) is 0 Å². The molecule has 21 heavy (non-hydrogen) atoms. The summed E-state index contributed by atoms with van der Waals surface area (Å²) in [4.78, 5) is 0. The van der Waals surface area contributed by atoms with Crippen molar-refractivity contribution >= 4 is 0 Å². The first-order valence-corrected chi connectivity index (χ1v) is 7.49. The predicted octanol–water partition coefficient (Wildman–Crippen LogP) is 3.16. The largest absolute Gasteiger partial charge is 0.387 e. The third kappa shape index (κ3) is 4.16. The van der Waals surface area contributed by atoms with E-state index in [1.165, 1.54) is 0 Å². The summed E-state index contributed by atoms with van der Waals surface area (Å²) in [6.07, 6.45) is 3.45. The molecule has 2 atom stereocenters. The Balaban J connectivity index is 1.92. The lowest BCUT2D eigenvalue weighted by atomic mass is 10.1. The molecule has 0 fully saturated rings. The van der Waals surface area contributed by atoms with Crippen LogP contribution in [0.5, 0.6) is 0 Å². The number of rotatable bonds is 6. The second-order valence-corrected chi connectivity index (χ2v) is 5.91. The molecule has 4 nitrogen and oxygen atoms in total. The van der Waals surface area contributed by atoms with Crippen LogP contribution < -0.4 is 5.32 Å². The predicted molar refractivity (Wildman–Crippen MR) is 85.2 cm³/mol. The molecule has 0 saturated heterocycles. The van der Waals surface area contributed by atoms with E-state index in [4.69, 9.17) is 0 Å². The number of aliphatic hydroxyl groups is 1. The monoisotopic (exact) mass is 287 g/mol. The minimum absolute atomic E-state index is 0.164. The molecule has 2 aromatic rings. The summed E-state index contributed by atoms with van der Waals surface area (Å²) in [5.74, 6) is 0. The molecule has 0 aliphatic heterocycles. The average molecular weight is 287 g/mol. The van der Waals surface area contributed by atoms with Gasteiger partial charge in [-0.25, -0.2) is 0 Å². The maximum Gasteiger partial charge on any atom is 0.0914 e. The van der Waals surface area contributed by atoms with Crippen molar-refractivity contribution in [3.8, 4) is 0 Å². The lowest BCUT2D eigenvalue weighted by molar-refractivity contribution is 0.170. The first-order chi connectivity index (χ1) is 9.97. The SMILES string of the molecule is Cc1cccc([C@H](O)CN[C@H](C)c2cnn(C(C)C)c2)c1. The van der Waals surface area contributed by atoms with E-state index < -0.39 is 6.10 Å². The van der Waals surface area contributed by atoms with Crippen molar-refractivity contribution in [2.75, 3.05) is 6.54 Å². The van der Waals surface area contributed by atoms with Crippen molar-refractivity contribution in [1.82, 2.24) is 15.1 Å². The fourth-order valence-corrected chi connectivity index (χ4v) is 2.26. The minimum atomic E-state index is -0.493. The van der Waals surface area contributed by atoms with Gasteiger partial charge in [-0.05, 0) is 33.3 Å². The van der Waals surface area contributed by atoms with Crippen LogP contribution in [0.4, 0.5) is 0 Å². The number of nitrogens with zero attached hydrogens (tertiary/aromatic N) is 2. The van der Waals surface area contributed by atoms with Gasteiger partial charge in [-0.3, -0.25) is 4.68 Å². The molecule has 0 saturated carbocycles. The van der Waals surface area contributed by atoms with Crippen LogP contribution in [0.15, 0.2) is 36.7 Å². The Morgan fingerprint density at radius 3 is 2.62 bits per heavy atom. The van der Waals surface area contributed by atoms with Gasteiger partial charge in [0.15, 0.2) is 0 Å². The first-order valence-electron chi connectivity index (χ1n) is 7.49. The first kappa shape index (κ1) is 15.7. The molecule has 114 valence electrons. The molecule has 0 spiro atoms. The van der Waals surface area contributed by atoms with Crippen LogP contribution in [-0.2, 0) is 0 Å². The molecule has 0 aliphatic rings. The fraction of sp³-hybridized carbons (Fsp3) is 0.471. The Morgan fingerprint density at radius 1 is 1.24 bits per heavy atom. The number of hydrogen-bond acceptors (Lipinski definition) is 3. The molecule has 1 heterocycles. The van der Waals surface area contributed by atoms with Crippen molar-refractivity contribution in [3.05, 3.63) is 53.3 Å². The third-order valence-electron chi connectivity index (χ3n) is 3.69. The number of benzene rings is 1. The molecule has 0 aliphatic carbocycles. The van der Waals surface area contributed by atoms with Gasteiger partial charge >= 0.3 is 0 Å². The lowest BCUT2D eigenvalue weighted by Crippen LogP contribution is -2.24. The Kier molecular flexibility index (Phi) is 5.15. The van der Waals surface area contributed by atoms with E-state index in [0.717, 1.165) is 16.7 Å². The fourth-order valence-electron chi connectivity index (χ4n) is 2.26. The van der Waals surface area contributed by atoms with Crippen LogP contribution in [-0.4, -0.2) is 21.4 Å². The van der Waals surface area contributed by atoms with E-state index in [1.807, 2.05) is 42.1 Å². The van der Waals surface area contributed by atoms with Gasteiger partial charge in [0.05, 0.1) is 12.3 Å². The van der Waals surface area contributed by atoms with Gasteiger partial charge in [0.1, 0.15) is 0 Å². The summed E-state index contributed by atoms with van der Waals surface area (Å²) in [6, 6.07) is 8.52. The second kappa shape index (κ2) is 6.87. The van der Waals surface area contributed by atoms with Gasteiger partial charge in [-0.2, -0.15) is 5.10 Å². The summed E-state index contributed by atoms with van der Waals surface area (Å²) in [5, 5.41) is 18.0. The lowest BCUT2D eigenvalue weighted by Gasteiger charge is -2.17. The molecule has 1 aromatic carbocycles. The maximum absolute atomic E-state index is 10.3. The summed E-state index contributed by atoms with van der Waals surface area (Å²) in [6.45, 7) is 8.86. The molecule has 4 heteroatoms. The molecule has 2 rings (SSSR count). The second-order valence-electron chi connectivity index (χ2n) is 5.91. The van der Waals surface area contributed by atoms with Gasteiger partial charge in [0, 0.05) is 30.4 Å².